The first kappa shape index (κ1) is 16.9. The number of hydrogen-bond acceptors (Lipinski definition) is 3. The molecule has 0 saturated carbocycles. The number of phenolic OH excluding ortho intramolecular Hbond substituents is 1. The average Bonchev–Trinajstić information content (AvgIpc) is 2.56. The summed E-state index contributed by atoms with van der Waals surface area (Å²) in [5, 5.41) is 18.8. The lowest BCUT2D eigenvalue weighted by atomic mass is 9.92. The largest absolute Gasteiger partial charge is 0.508 e. The minimum atomic E-state index is -0.858. The molecule has 0 spiro atoms. The Morgan fingerprint density at radius 1 is 1.00 bits per heavy atom. The number of rotatable bonds is 7. The molecule has 2 rings (SSSR count). The highest BCUT2D eigenvalue weighted by molar-refractivity contribution is 5.76. The van der Waals surface area contributed by atoms with Gasteiger partial charge in [-0.1, -0.05) is 24.3 Å². The maximum atomic E-state index is 11.6. The highest BCUT2D eigenvalue weighted by atomic mass is 16.4. The first-order valence-electron chi connectivity index (χ1n) is 7.90. The van der Waals surface area contributed by atoms with E-state index in [1.807, 2.05) is 24.3 Å². The fourth-order valence-electron chi connectivity index (χ4n) is 2.72. The Morgan fingerprint density at radius 3 is 2.04 bits per heavy atom. The molecule has 0 radical (unpaired) electrons. The monoisotopic (exact) mass is 313 g/mol. The summed E-state index contributed by atoms with van der Waals surface area (Å²) in [6.45, 7) is 6.12. The van der Waals surface area contributed by atoms with Gasteiger partial charge in [0.1, 0.15) is 5.75 Å². The third kappa shape index (κ3) is 4.25. The van der Waals surface area contributed by atoms with Crippen molar-refractivity contribution in [2.75, 3.05) is 18.0 Å². The maximum absolute atomic E-state index is 11.6. The zero-order chi connectivity index (χ0) is 16.8. The van der Waals surface area contributed by atoms with Gasteiger partial charge in [-0.2, -0.15) is 0 Å². The molecule has 0 aliphatic heterocycles. The lowest BCUT2D eigenvalue weighted by molar-refractivity contribution is -0.138. The van der Waals surface area contributed by atoms with Gasteiger partial charge in [-0.15, -0.1) is 0 Å². The quantitative estimate of drug-likeness (QED) is 0.819. The van der Waals surface area contributed by atoms with Gasteiger partial charge in [0.05, 0.1) is 5.92 Å². The van der Waals surface area contributed by atoms with Gasteiger partial charge in [-0.3, -0.25) is 4.79 Å². The van der Waals surface area contributed by atoms with E-state index >= 15 is 0 Å². The van der Waals surface area contributed by atoms with Gasteiger partial charge in [-0.05, 0) is 55.7 Å². The third-order valence-electron chi connectivity index (χ3n) is 4.10. The molecule has 4 heteroatoms. The minimum absolute atomic E-state index is 0.140. The first-order valence-corrected chi connectivity index (χ1v) is 7.90. The summed E-state index contributed by atoms with van der Waals surface area (Å²) in [5.74, 6) is -1.33. The molecule has 0 bridgehead atoms. The van der Waals surface area contributed by atoms with Crippen molar-refractivity contribution in [2.24, 2.45) is 0 Å². The number of nitrogens with zero attached hydrogens (tertiary/aromatic N) is 1. The number of carboxylic acids is 1. The molecule has 1 atom stereocenters. The second-order valence-corrected chi connectivity index (χ2v) is 5.53. The molecule has 122 valence electrons. The van der Waals surface area contributed by atoms with Crippen molar-refractivity contribution >= 4 is 11.7 Å². The molecule has 2 aromatic rings. The van der Waals surface area contributed by atoms with Crippen LogP contribution in [-0.2, 0) is 11.2 Å². The summed E-state index contributed by atoms with van der Waals surface area (Å²) in [5.41, 5.74) is 2.83. The van der Waals surface area contributed by atoms with Crippen molar-refractivity contribution < 1.29 is 15.0 Å². The van der Waals surface area contributed by atoms with Crippen molar-refractivity contribution in [3.8, 4) is 5.75 Å². The van der Waals surface area contributed by atoms with Crippen LogP contribution in [-0.4, -0.2) is 29.3 Å². The van der Waals surface area contributed by atoms with E-state index in [0.29, 0.717) is 12.0 Å². The minimum Gasteiger partial charge on any atom is -0.508 e. The fraction of sp³-hybridized carbons (Fsp3) is 0.316. The lowest BCUT2D eigenvalue weighted by Gasteiger charge is -2.21. The molecule has 23 heavy (non-hydrogen) atoms. The Labute approximate surface area is 137 Å². The number of carbonyl (C=O) groups is 1. The van der Waals surface area contributed by atoms with E-state index in [0.717, 1.165) is 24.3 Å². The smallest absolute Gasteiger partial charge is 0.311 e. The highest BCUT2D eigenvalue weighted by Gasteiger charge is 2.20. The molecule has 1 unspecified atom stereocenters. The van der Waals surface area contributed by atoms with Gasteiger partial charge in [0, 0.05) is 18.8 Å². The van der Waals surface area contributed by atoms with Gasteiger partial charge >= 0.3 is 5.97 Å². The number of carboxylic acid groups (broad SMARTS) is 1. The fourth-order valence-corrected chi connectivity index (χ4v) is 2.72. The maximum Gasteiger partial charge on any atom is 0.311 e. The van der Waals surface area contributed by atoms with Crippen LogP contribution in [0.15, 0.2) is 48.5 Å². The Balaban J connectivity index is 2.17. The molecule has 0 saturated heterocycles. The first-order chi connectivity index (χ1) is 11.0. The highest BCUT2D eigenvalue weighted by Crippen LogP contribution is 2.24. The van der Waals surface area contributed by atoms with E-state index < -0.39 is 11.9 Å². The van der Waals surface area contributed by atoms with Crippen LogP contribution in [0, 0.1) is 0 Å². The van der Waals surface area contributed by atoms with Gasteiger partial charge in [-0.25, -0.2) is 0 Å². The second-order valence-electron chi connectivity index (χ2n) is 5.53. The third-order valence-corrected chi connectivity index (χ3v) is 4.10. The Morgan fingerprint density at radius 2 is 1.57 bits per heavy atom. The molecule has 4 nitrogen and oxygen atoms in total. The van der Waals surface area contributed by atoms with E-state index in [9.17, 15) is 15.0 Å². The van der Waals surface area contributed by atoms with Crippen LogP contribution in [0.2, 0.25) is 0 Å². The molecule has 0 aliphatic carbocycles. The molecule has 0 heterocycles. The van der Waals surface area contributed by atoms with Crippen LogP contribution in [0.25, 0.3) is 0 Å². The van der Waals surface area contributed by atoms with Crippen molar-refractivity contribution in [1.29, 1.82) is 0 Å². The Bertz CT molecular complexity index is 631. The topological polar surface area (TPSA) is 60.8 Å². The lowest BCUT2D eigenvalue weighted by Crippen LogP contribution is -2.21. The number of aliphatic carboxylic acids is 1. The average molecular weight is 313 g/mol. The number of anilines is 1. The summed E-state index contributed by atoms with van der Waals surface area (Å²) in [6, 6.07) is 14.4. The summed E-state index contributed by atoms with van der Waals surface area (Å²) in [4.78, 5) is 13.8. The summed E-state index contributed by atoms with van der Waals surface area (Å²) in [7, 11) is 0. The molecule has 2 N–H and O–H groups in total. The molecule has 0 aromatic heterocycles. The number of benzene rings is 2. The molecule has 0 amide bonds. The van der Waals surface area contributed by atoms with E-state index in [1.54, 1.807) is 12.1 Å². The van der Waals surface area contributed by atoms with Crippen LogP contribution in [0.5, 0.6) is 5.75 Å². The predicted octanol–water partition coefficient (Wildman–Crippen LogP) is 3.65. The Kier molecular flexibility index (Phi) is 5.63. The predicted molar refractivity (Wildman–Crippen MR) is 92.2 cm³/mol. The van der Waals surface area contributed by atoms with E-state index in [1.165, 1.54) is 12.1 Å². The summed E-state index contributed by atoms with van der Waals surface area (Å²) in [6.07, 6.45) is 0.429. The van der Waals surface area contributed by atoms with Crippen molar-refractivity contribution in [3.63, 3.8) is 0 Å². The van der Waals surface area contributed by atoms with Crippen LogP contribution >= 0.6 is 0 Å². The molecule has 0 aliphatic rings. The summed E-state index contributed by atoms with van der Waals surface area (Å²) >= 11 is 0. The molecular formula is C19H23NO3. The zero-order valence-electron chi connectivity index (χ0n) is 13.6. The SMILES string of the molecule is CCN(CC)c1ccc(CC(C(=O)O)c2ccc(O)cc2)cc1. The van der Waals surface area contributed by atoms with Gasteiger partial charge in [0.2, 0.25) is 0 Å². The normalized spacial score (nSPS) is 11.9. The van der Waals surface area contributed by atoms with Crippen LogP contribution < -0.4 is 4.90 Å². The number of aromatic hydroxyl groups is 1. The Hall–Kier alpha value is -2.49. The van der Waals surface area contributed by atoms with E-state index in [2.05, 4.69) is 18.7 Å². The van der Waals surface area contributed by atoms with E-state index in [-0.39, 0.29) is 5.75 Å². The standard InChI is InChI=1S/C19H23NO3/c1-3-20(4-2)16-9-5-14(6-10-16)13-18(19(22)23)15-7-11-17(21)12-8-15/h5-12,18,21H,3-4,13H2,1-2H3,(H,22,23). The molecule has 0 fully saturated rings. The summed E-state index contributed by atoms with van der Waals surface area (Å²) < 4.78 is 0. The van der Waals surface area contributed by atoms with Gasteiger partial charge in [0.15, 0.2) is 0 Å². The van der Waals surface area contributed by atoms with Crippen molar-refractivity contribution in [1.82, 2.24) is 0 Å². The van der Waals surface area contributed by atoms with Crippen molar-refractivity contribution in [2.45, 2.75) is 26.2 Å². The van der Waals surface area contributed by atoms with E-state index in [4.69, 9.17) is 0 Å². The molecule has 2 aromatic carbocycles. The number of phenols is 1. The van der Waals surface area contributed by atoms with Crippen molar-refractivity contribution in [3.05, 3.63) is 59.7 Å². The van der Waals surface area contributed by atoms with Crippen LogP contribution in [0.3, 0.4) is 0 Å². The van der Waals surface area contributed by atoms with Gasteiger partial charge < -0.3 is 15.1 Å². The van der Waals surface area contributed by atoms with Crippen LogP contribution in [0.4, 0.5) is 5.69 Å². The zero-order valence-corrected chi connectivity index (χ0v) is 13.6. The second kappa shape index (κ2) is 7.68. The van der Waals surface area contributed by atoms with Crippen LogP contribution in [0.1, 0.15) is 30.9 Å². The molecular weight excluding hydrogens is 290 g/mol. The number of hydrogen-bond donors (Lipinski definition) is 2. The van der Waals surface area contributed by atoms with Gasteiger partial charge in [0.25, 0.3) is 0 Å².